The molecule has 0 aliphatic rings. The van der Waals surface area contributed by atoms with Crippen LogP contribution in [0.15, 0.2) is 30.3 Å². The van der Waals surface area contributed by atoms with Gasteiger partial charge in [0.15, 0.2) is 0 Å². The Kier molecular flexibility index (Phi) is 6.17. The molecule has 1 amide bonds. The number of carbonyl (C=O) groups is 1. The molecule has 1 heterocycles. The Labute approximate surface area is 137 Å². The summed E-state index contributed by atoms with van der Waals surface area (Å²) in [5.41, 5.74) is 5.30. The number of halogens is 4. The van der Waals surface area contributed by atoms with Gasteiger partial charge in [-0.3, -0.25) is 4.79 Å². The Morgan fingerprint density at radius 1 is 1.35 bits per heavy atom. The number of nitrogens with zero attached hydrogens (tertiary/aromatic N) is 2. The Balaban J connectivity index is 0.00000264. The van der Waals surface area contributed by atoms with E-state index in [9.17, 15) is 18.0 Å². The Bertz CT molecular complexity index is 685. The van der Waals surface area contributed by atoms with Gasteiger partial charge in [0, 0.05) is 19.0 Å². The molecule has 0 saturated heterocycles. The minimum absolute atomic E-state index is 0. The zero-order chi connectivity index (χ0) is 16.3. The van der Waals surface area contributed by atoms with Crippen molar-refractivity contribution >= 4 is 24.1 Å². The summed E-state index contributed by atoms with van der Waals surface area (Å²) in [4.78, 5) is 11.6. The second-order valence-electron chi connectivity index (χ2n) is 4.72. The molecule has 23 heavy (non-hydrogen) atoms. The zero-order valence-electron chi connectivity index (χ0n) is 12.2. The van der Waals surface area contributed by atoms with Crippen molar-refractivity contribution in [2.75, 3.05) is 11.9 Å². The third-order valence-electron chi connectivity index (χ3n) is 2.89. The SMILES string of the molecule is Cc1cc(NC(=O)CCN)n(-c2cccc(C(F)(F)F)c2)n1.Cl. The number of amides is 1. The second kappa shape index (κ2) is 7.47. The van der Waals surface area contributed by atoms with Crippen LogP contribution in [0.4, 0.5) is 19.0 Å². The van der Waals surface area contributed by atoms with E-state index in [4.69, 9.17) is 5.73 Å². The first kappa shape index (κ1) is 19.0. The Morgan fingerprint density at radius 3 is 2.65 bits per heavy atom. The number of carbonyl (C=O) groups excluding carboxylic acids is 1. The molecule has 0 unspecified atom stereocenters. The molecule has 2 rings (SSSR count). The molecule has 0 fully saturated rings. The lowest BCUT2D eigenvalue weighted by molar-refractivity contribution is -0.137. The van der Waals surface area contributed by atoms with Crippen molar-refractivity contribution in [2.24, 2.45) is 5.73 Å². The van der Waals surface area contributed by atoms with E-state index in [1.165, 1.54) is 16.8 Å². The van der Waals surface area contributed by atoms with Crippen LogP contribution < -0.4 is 11.1 Å². The molecular formula is C14H16ClF3N4O. The number of aromatic nitrogens is 2. The first-order chi connectivity index (χ1) is 10.3. The average Bonchev–Trinajstić information content (AvgIpc) is 2.79. The van der Waals surface area contributed by atoms with E-state index in [2.05, 4.69) is 10.4 Å². The van der Waals surface area contributed by atoms with Gasteiger partial charge in [-0.2, -0.15) is 18.3 Å². The van der Waals surface area contributed by atoms with Crippen LogP contribution in [0.5, 0.6) is 0 Å². The van der Waals surface area contributed by atoms with Gasteiger partial charge in [0.1, 0.15) is 5.82 Å². The largest absolute Gasteiger partial charge is 0.416 e. The van der Waals surface area contributed by atoms with Crippen molar-refractivity contribution < 1.29 is 18.0 Å². The summed E-state index contributed by atoms with van der Waals surface area (Å²) in [6.45, 7) is 1.87. The molecular weight excluding hydrogens is 333 g/mol. The van der Waals surface area contributed by atoms with Crippen LogP contribution >= 0.6 is 12.4 Å². The van der Waals surface area contributed by atoms with Crippen LogP contribution in [-0.2, 0) is 11.0 Å². The molecule has 0 saturated carbocycles. The fraction of sp³-hybridized carbons (Fsp3) is 0.286. The standard InChI is InChI=1S/C14H15F3N4O.ClH/c1-9-7-12(19-13(22)5-6-18)21(20-9)11-4-2-3-10(8-11)14(15,16)17;/h2-4,7-8H,5-6,18H2,1H3,(H,19,22);1H. The Morgan fingerprint density at radius 2 is 2.04 bits per heavy atom. The highest BCUT2D eigenvalue weighted by Gasteiger charge is 2.30. The normalized spacial score (nSPS) is 11.0. The Hall–Kier alpha value is -2.06. The topological polar surface area (TPSA) is 72.9 Å². The first-order valence-electron chi connectivity index (χ1n) is 6.55. The number of rotatable bonds is 4. The number of nitrogens with one attached hydrogen (secondary N) is 1. The number of anilines is 1. The second-order valence-corrected chi connectivity index (χ2v) is 4.72. The maximum absolute atomic E-state index is 12.8. The molecule has 0 spiro atoms. The lowest BCUT2D eigenvalue weighted by Crippen LogP contribution is -2.18. The van der Waals surface area contributed by atoms with Gasteiger partial charge in [-0.25, -0.2) is 4.68 Å². The van der Waals surface area contributed by atoms with E-state index in [1.807, 2.05) is 0 Å². The van der Waals surface area contributed by atoms with Gasteiger partial charge < -0.3 is 11.1 Å². The molecule has 0 bridgehead atoms. The van der Waals surface area contributed by atoms with Gasteiger partial charge in [-0.15, -0.1) is 12.4 Å². The molecule has 0 atom stereocenters. The molecule has 1 aromatic heterocycles. The fourth-order valence-electron chi connectivity index (χ4n) is 1.94. The van der Waals surface area contributed by atoms with Gasteiger partial charge in [-0.1, -0.05) is 6.07 Å². The van der Waals surface area contributed by atoms with E-state index in [0.717, 1.165) is 12.1 Å². The van der Waals surface area contributed by atoms with E-state index >= 15 is 0 Å². The van der Waals surface area contributed by atoms with Gasteiger partial charge in [-0.05, 0) is 25.1 Å². The fourth-order valence-corrected chi connectivity index (χ4v) is 1.94. The molecule has 126 valence electrons. The summed E-state index contributed by atoms with van der Waals surface area (Å²) < 4.78 is 39.6. The van der Waals surface area contributed by atoms with Crippen molar-refractivity contribution in [1.29, 1.82) is 0 Å². The van der Waals surface area contributed by atoms with E-state index in [-0.39, 0.29) is 37.0 Å². The predicted octanol–water partition coefficient (Wildman–Crippen LogP) is 2.91. The highest BCUT2D eigenvalue weighted by molar-refractivity contribution is 5.90. The van der Waals surface area contributed by atoms with Gasteiger partial charge in [0.25, 0.3) is 0 Å². The van der Waals surface area contributed by atoms with Crippen LogP contribution in [0.3, 0.4) is 0 Å². The minimum Gasteiger partial charge on any atom is -0.330 e. The molecule has 5 nitrogen and oxygen atoms in total. The summed E-state index contributed by atoms with van der Waals surface area (Å²) in [6, 6.07) is 6.31. The van der Waals surface area contributed by atoms with Gasteiger partial charge in [0.2, 0.25) is 5.91 Å². The molecule has 9 heteroatoms. The zero-order valence-corrected chi connectivity index (χ0v) is 13.0. The highest BCUT2D eigenvalue weighted by atomic mass is 35.5. The molecule has 0 aliphatic carbocycles. The van der Waals surface area contributed by atoms with Crippen LogP contribution in [0.1, 0.15) is 17.7 Å². The lowest BCUT2D eigenvalue weighted by atomic mass is 10.2. The number of benzene rings is 1. The third-order valence-corrected chi connectivity index (χ3v) is 2.89. The third kappa shape index (κ3) is 4.70. The minimum atomic E-state index is -4.44. The smallest absolute Gasteiger partial charge is 0.330 e. The monoisotopic (exact) mass is 348 g/mol. The summed E-state index contributed by atoms with van der Waals surface area (Å²) >= 11 is 0. The van der Waals surface area contributed by atoms with Crippen LogP contribution in [0.25, 0.3) is 5.69 Å². The maximum Gasteiger partial charge on any atom is 0.416 e. The van der Waals surface area contributed by atoms with Crippen molar-refractivity contribution in [3.8, 4) is 5.69 Å². The van der Waals surface area contributed by atoms with Crippen molar-refractivity contribution in [2.45, 2.75) is 19.5 Å². The first-order valence-corrected chi connectivity index (χ1v) is 6.55. The van der Waals surface area contributed by atoms with E-state index < -0.39 is 11.7 Å². The number of hydrogen-bond acceptors (Lipinski definition) is 3. The molecule has 3 N–H and O–H groups in total. The van der Waals surface area contributed by atoms with E-state index in [0.29, 0.717) is 11.5 Å². The summed E-state index contributed by atoms with van der Waals surface area (Å²) in [7, 11) is 0. The number of alkyl halides is 3. The number of nitrogens with two attached hydrogens (primary N) is 1. The maximum atomic E-state index is 12.8. The summed E-state index contributed by atoms with van der Waals surface area (Å²) in [5, 5.41) is 6.71. The molecule has 2 aromatic rings. The van der Waals surface area contributed by atoms with Crippen LogP contribution in [-0.4, -0.2) is 22.2 Å². The van der Waals surface area contributed by atoms with Crippen LogP contribution in [0.2, 0.25) is 0 Å². The van der Waals surface area contributed by atoms with E-state index in [1.54, 1.807) is 13.0 Å². The molecule has 0 radical (unpaired) electrons. The summed E-state index contributed by atoms with van der Waals surface area (Å²) in [5.74, 6) is -0.0223. The lowest BCUT2D eigenvalue weighted by Gasteiger charge is -2.11. The van der Waals surface area contributed by atoms with Crippen molar-refractivity contribution in [3.63, 3.8) is 0 Å². The molecule has 1 aromatic carbocycles. The average molecular weight is 349 g/mol. The summed E-state index contributed by atoms with van der Waals surface area (Å²) in [6.07, 6.45) is -4.33. The van der Waals surface area contributed by atoms with Gasteiger partial charge >= 0.3 is 6.18 Å². The quantitative estimate of drug-likeness (QED) is 0.892. The van der Waals surface area contributed by atoms with Crippen molar-refractivity contribution in [1.82, 2.24) is 9.78 Å². The number of aryl methyl sites for hydroxylation is 1. The number of hydrogen-bond donors (Lipinski definition) is 2. The predicted molar refractivity (Wildman–Crippen MR) is 82.9 cm³/mol. The van der Waals surface area contributed by atoms with Crippen molar-refractivity contribution in [3.05, 3.63) is 41.6 Å². The van der Waals surface area contributed by atoms with Gasteiger partial charge in [0.05, 0.1) is 16.9 Å². The highest BCUT2D eigenvalue weighted by Crippen LogP contribution is 2.30. The van der Waals surface area contributed by atoms with Crippen LogP contribution in [0, 0.1) is 6.92 Å². The molecule has 0 aliphatic heterocycles.